The zero-order valence-corrected chi connectivity index (χ0v) is 17.3. The number of carbonyl (C=O) groups is 1. The highest BCUT2D eigenvalue weighted by Gasteiger charge is 2.33. The monoisotopic (exact) mass is 419 g/mol. The standard InChI is InChI=1S/C25H22FNO4/c1-13(2)21-10-18-16-7-8-31-24(16)17(14-3-5-15(26)6-4-14)9-19(18)22-11-23(28)20(25(29)30)12-27(21)22/h3-6,9,11-13,21H,7-8,10H2,1-2H3,(H,29,30)/t21-/m0/s1. The van der Waals surface area contributed by atoms with Crippen LogP contribution in [0.3, 0.4) is 0 Å². The summed E-state index contributed by atoms with van der Waals surface area (Å²) >= 11 is 0. The smallest absolute Gasteiger partial charge is 0.341 e. The van der Waals surface area contributed by atoms with Gasteiger partial charge in [0, 0.05) is 41.4 Å². The molecule has 0 aliphatic carbocycles. The Kier molecular flexibility index (Phi) is 4.46. The van der Waals surface area contributed by atoms with Crippen LogP contribution in [0.5, 0.6) is 5.75 Å². The number of rotatable bonds is 3. The topological polar surface area (TPSA) is 68.5 Å². The van der Waals surface area contributed by atoms with Gasteiger partial charge in [-0.15, -0.1) is 0 Å². The first-order valence-corrected chi connectivity index (χ1v) is 10.4. The van der Waals surface area contributed by atoms with E-state index in [1.54, 1.807) is 12.1 Å². The molecule has 158 valence electrons. The summed E-state index contributed by atoms with van der Waals surface area (Å²) in [6, 6.07) is 9.74. The van der Waals surface area contributed by atoms with Crippen molar-refractivity contribution in [3.63, 3.8) is 0 Å². The van der Waals surface area contributed by atoms with Gasteiger partial charge in [-0.2, -0.15) is 0 Å². The van der Waals surface area contributed by atoms with E-state index in [0.29, 0.717) is 12.3 Å². The second-order valence-corrected chi connectivity index (χ2v) is 8.53. The molecule has 0 saturated heterocycles. The van der Waals surface area contributed by atoms with Crippen LogP contribution in [0, 0.1) is 11.7 Å². The number of hydrogen-bond donors (Lipinski definition) is 1. The fraction of sp³-hybridized carbons (Fsp3) is 0.280. The molecule has 0 saturated carbocycles. The van der Waals surface area contributed by atoms with Gasteiger partial charge < -0.3 is 14.4 Å². The predicted octanol–water partition coefficient (Wildman–Crippen LogP) is 4.71. The fourth-order valence-corrected chi connectivity index (χ4v) is 4.81. The number of benzene rings is 2. The maximum absolute atomic E-state index is 13.5. The summed E-state index contributed by atoms with van der Waals surface area (Å²) < 4.78 is 21.4. The van der Waals surface area contributed by atoms with Crippen molar-refractivity contribution < 1.29 is 19.0 Å². The Balaban J connectivity index is 1.81. The Bertz CT molecular complexity index is 1270. The summed E-state index contributed by atoms with van der Waals surface area (Å²) in [4.78, 5) is 24.2. The summed E-state index contributed by atoms with van der Waals surface area (Å²) in [6.45, 7) is 4.78. The number of carboxylic acid groups (broad SMARTS) is 1. The molecule has 2 aliphatic heterocycles. The molecule has 3 heterocycles. The molecule has 0 fully saturated rings. The second kappa shape index (κ2) is 7.08. The zero-order valence-electron chi connectivity index (χ0n) is 17.3. The average molecular weight is 419 g/mol. The Hall–Kier alpha value is -3.41. The SMILES string of the molecule is CC(C)[C@@H]1Cc2c(cc(-c3ccc(F)cc3)c3c2CCO3)-c2cc(=O)c(C(=O)O)cn21. The minimum atomic E-state index is -1.22. The van der Waals surface area contributed by atoms with Gasteiger partial charge in [-0.3, -0.25) is 4.79 Å². The van der Waals surface area contributed by atoms with E-state index < -0.39 is 11.4 Å². The summed E-state index contributed by atoms with van der Waals surface area (Å²) in [6.07, 6.45) is 2.99. The van der Waals surface area contributed by atoms with E-state index in [0.717, 1.165) is 46.4 Å². The molecule has 0 spiro atoms. The largest absolute Gasteiger partial charge is 0.492 e. The molecule has 2 aromatic carbocycles. The molecule has 1 N–H and O–H groups in total. The maximum Gasteiger partial charge on any atom is 0.341 e. The van der Waals surface area contributed by atoms with Crippen molar-refractivity contribution in [2.45, 2.75) is 32.7 Å². The van der Waals surface area contributed by atoms with Crippen LogP contribution in [0.15, 0.2) is 47.4 Å². The Labute approximate surface area is 178 Å². The predicted molar refractivity (Wildman–Crippen MR) is 115 cm³/mol. The Morgan fingerprint density at radius 3 is 2.58 bits per heavy atom. The van der Waals surface area contributed by atoms with E-state index in [-0.39, 0.29) is 23.3 Å². The van der Waals surface area contributed by atoms with Crippen LogP contribution in [0.4, 0.5) is 4.39 Å². The number of fused-ring (bicyclic) bond motifs is 5. The fourth-order valence-electron chi connectivity index (χ4n) is 4.81. The molecule has 0 bridgehead atoms. The minimum Gasteiger partial charge on any atom is -0.492 e. The second-order valence-electron chi connectivity index (χ2n) is 8.53. The molecule has 0 radical (unpaired) electrons. The highest BCUT2D eigenvalue weighted by molar-refractivity contribution is 5.88. The van der Waals surface area contributed by atoms with Crippen molar-refractivity contribution in [1.29, 1.82) is 0 Å². The molecular formula is C25H22FNO4. The number of ether oxygens (including phenoxy) is 1. The van der Waals surface area contributed by atoms with Crippen LogP contribution >= 0.6 is 0 Å². The van der Waals surface area contributed by atoms with Gasteiger partial charge in [0.1, 0.15) is 17.1 Å². The van der Waals surface area contributed by atoms with Crippen LogP contribution in [0.25, 0.3) is 22.4 Å². The molecule has 6 heteroatoms. The number of hydrogen-bond acceptors (Lipinski definition) is 3. The molecule has 0 unspecified atom stereocenters. The van der Waals surface area contributed by atoms with E-state index >= 15 is 0 Å². The van der Waals surface area contributed by atoms with Crippen LogP contribution in [-0.2, 0) is 12.8 Å². The molecule has 5 rings (SSSR count). The van der Waals surface area contributed by atoms with Gasteiger partial charge >= 0.3 is 5.97 Å². The van der Waals surface area contributed by atoms with Crippen LogP contribution in [0.2, 0.25) is 0 Å². The van der Waals surface area contributed by atoms with Gasteiger partial charge in [0.25, 0.3) is 0 Å². The highest BCUT2D eigenvalue weighted by Crippen LogP contribution is 2.47. The van der Waals surface area contributed by atoms with E-state index in [1.165, 1.54) is 24.4 Å². The lowest BCUT2D eigenvalue weighted by Gasteiger charge is -2.34. The van der Waals surface area contributed by atoms with Crippen molar-refractivity contribution >= 4 is 5.97 Å². The average Bonchev–Trinajstić information content (AvgIpc) is 3.22. The molecule has 2 aliphatic rings. The van der Waals surface area contributed by atoms with Crippen molar-refractivity contribution in [1.82, 2.24) is 4.57 Å². The van der Waals surface area contributed by atoms with Gasteiger partial charge in [-0.25, -0.2) is 9.18 Å². The lowest BCUT2D eigenvalue weighted by Crippen LogP contribution is -2.28. The van der Waals surface area contributed by atoms with Crippen LogP contribution in [-0.4, -0.2) is 22.2 Å². The normalized spacial score (nSPS) is 16.5. The first-order chi connectivity index (χ1) is 14.8. The van der Waals surface area contributed by atoms with Gasteiger partial charge in [0.05, 0.1) is 12.3 Å². The Morgan fingerprint density at radius 1 is 1.16 bits per heavy atom. The van der Waals surface area contributed by atoms with E-state index in [2.05, 4.69) is 13.8 Å². The van der Waals surface area contributed by atoms with Crippen molar-refractivity contribution in [3.8, 4) is 28.1 Å². The summed E-state index contributed by atoms with van der Waals surface area (Å²) in [5.41, 5.74) is 4.88. The number of aromatic nitrogens is 1. The zero-order chi connectivity index (χ0) is 21.9. The number of halogens is 1. The molecule has 0 amide bonds. The molecular weight excluding hydrogens is 397 g/mol. The van der Waals surface area contributed by atoms with Gasteiger partial charge in [0.2, 0.25) is 0 Å². The Morgan fingerprint density at radius 2 is 1.90 bits per heavy atom. The van der Waals surface area contributed by atoms with E-state index in [4.69, 9.17) is 4.74 Å². The number of carboxylic acids is 1. The van der Waals surface area contributed by atoms with Crippen LogP contribution in [0.1, 0.15) is 41.4 Å². The van der Waals surface area contributed by atoms with Crippen molar-refractivity contribution in [2.24, 2.45) is 5.92 Å². The first kappa shape index (κ1) is 19.5. The summed E-state index contributed by atoms with van der Waals surface area (Å²) in [7, 11) is 0. The minimum absolute atomic E-state index is 0.0302. The number of aromatic carboxylic acids is 1. The van der Waals surface area contributed by atoms with E-state index in [1.807, 2.05) is 10.6 Å². The van der Waals surface area contributed by atoms with Crippen molar-refractivity contribution in [2.75, 3.05) is 6.61 Å². The van der Waals surface area contributed by atoms with Gasteiger partial charge in [-0.1, -0.05) is 26.0 Å². The quantitative estimate of drug-likeness (QED) is 0.668. The van der Waals surface area contributed by atoms with Gasteiger partial charge in [0.15, 0.2) is 5.43 Å². The number of nitrogens with zero attached hydrogens (tertiary/aromatic N) is 1. The molecule has 3 aromatic rings. The van der Waals surface area contributed by atoms with Gasteiger partial charge in [-0.05, 0) is 41.7 Å². The van der Waals surface area contributed by atoms with E-state index in [9.17, 15) is 19.1 Å². The maximum atomic E-state index is 13.5. The third-order valence-corrected chi connectivity index (χ3v) is 6.38. The molecule has 1 atom stereocenters. The lowest BCUT2D eigenvalue weighted by atomic mass is 9.82. The molecule has 1 aromatic heterocycles. The highest BCUT2D eigenvalue weighted by atomic mass is 19.1. The number of pyridine rings is 1. The molecule has 31 heavy (non-hydrogen) atoms. The third-order valence-electron chi connectivity index (χ3n) is 6.38. The van der Waals surface area contributed by atoms with Crippen LogP contribution < -0.4 is 10.2 Å². The first-order valence-electron chi connectivity index (χ1n) is 10.4. The third kappa shape index (κ3) is 3.05. The summed E-state index contributed by atoms with van der Waals surface area (Å²) in [5.74, 6) is -0.461. The summed E-state index contributed by atoms with van der Waals surface area (Å²) in [5, 5.41) is 9.47. The lowest BCUT2D eigenvalue weighted by molar-refractivity contribution is 0.0694. The molecule has 5 nitrogen and oxygen atoms in total. The van der Waals surface area contributed by atoms with Crippen molar-refractivity contribution in [3.05, 3.63) is 75.3 Å².